The third-order valence-electron chi connectivity index (χ3n) is 3.96. The zero-order chi connectivity index (χ0) is 17.6. The number of nitrogens with one attached hydrogen (secondary N) is 1. The summed E-state index contributed by atoms with van der Waals surface area (Å²) in [7, 11) is -3.44. The quantitative estimate of drug-likeness (QED) is 0.834. The molecule has 0 aromatic heterocycles. The van der Waals surface area contributed by atoms with Crippen molar-refractivity contribution < 1.29 is 13.2 Å². The zero-order valence-electron chi connectivity index (χ0n) is 14.1. The van der Waals surface area contributed by atoms with Gasteiger partial charge in [0.1, 0.15) is 0 Å². The van der Waals surface area contributed by atoms with Gasteiger partial charge in [0.05, 0.1) is 10.6 Å². The van der Waals surface area contributed by atoms with Crippen LogP contribution in [0.3, 0.4) is 0 Å². The number of aryl methyl sites for hydroxylation is 2. The number of sulfone groups is 1. The minimum absolute atomic E-state index is 0.0571. The van der Waals surface area contributed by atoms with Crippen LogP contribution in [0.2, 0.25) is 0 Å². The summed E-state index contributed by atoms with van der Waals surface area (Å²) in [6.07, 6.45) is 1.57. The molecule has 0 radical (unpaired) electrons. The van der Waals surface area contributed by atoms with E-state index in [2.05, 4.69) is 5.32 Å². The molecule has 0 atom stereocenters. The van der Waals surface area contributed by atoms with Gasteiger partial charge in [0, 0.05) is 12.1 Å². The first-order valence-corrected chi connectivity index (χ1v) is 9.81. The maximum atomic E-state index is 12.3. The number of carbonyl (C=O) groups excluding carboxylic acids is 1. The molecular formula is C19H23NO3S. The molecule has 0 aliphatic heterocycles. The van der Waals surface area contributed by atoms with Crippen molar-refractivity contribution in [3.05, 3.63) is 59.7 Å². The van der Waals surface area contributed by atoms with Crippen molar-refractivity contribution in [2.24, 2.45) is 0 Å². The highest BCUT2D eigenvalue weighted by atomic mass is 32.2. The number of amides is 1. The van der Waals surface area contributed by atoms with E-state index in [0.717, 1.165) is 29.7 Å². The first-order valence-electron chi connectivity index (χ1n) is 8.16. The van der Waals surface area contributed by atoms with Crippen LogP contribution in [0.4, 0.5) is 5.69 Å². The average Bonchev–Trinajstić information content (AvgIpc) is 2.61. The Morgan fingerprint density at radius 3 is 2.04 bits per heavy atom. The number of rotatable bonds is 7. The summed E-state index contributed by atoms with van der Waals surface area (Å²) >= 11 is 0. The van der Waals surface area contributed by atoms with E-state index >= 15 is 0 Å². The van der Waals surface area contributed by atoms with E-state index in [4.69, 9.17) is 0 Å². The van der Waals surface area contributed by atoms with Crippen LogP contribution < -0.4 is 5.32 Å². The van der Waals surface area contributed by atoms with Gasteiger partial charge in [-0.05, 0) is 36.1 Å². The third kappa shape index (κ3) is 4.45. The van der Waals surface area contributed by atoms with Crippen molar-refractivity contribution >= 4 is 21.4 Å². The average molecular weight is 345 g/mol. The molecular weight excluding hydrogens is 322 g/mol. The molecule has 1 amide bonds. The molecule has 1 N–H and O–H groups in total. The first-order chi connectivity index (χ1) is 11.5. The molecule has 0 heterocycles. The number of para-hydroxylation sites is 1. The Balaban J connectivity index is 2.07. The van der Waals surface area contributed by atoms with Crippen LogP contribution in [0, 0.1) is 0 Å². The lowest BCUT2D eigenvalue weighted by atomic mass is 10.0. The van der Waals surface area contributed by atoms with Crippen LogP contribution in [0.25, 0.3) is 0 Å². The third-order valence-corrected chi connectivity index (χ3v) is 5.70. The molecule has 0 bridgehead atoms. The van der Waals surface area contributed by atoms with Gasteiger partial charge in [0.25, 0.3) is 0 Å². The van der Waals surface area contributed by atoms with E-state index in [9.17, 15) is 13.2 Å². The summed E-state index contributed by atoms with van der Waals surface area (Å²) in [5.41, 5.74) is 2.95. The van der Waals surface area contributed by atoms with E-state index in [1.165, 1.54) is 0 Å². The summed E-state index contributed by atoms with van der Waals surface area (Å²) in [4.78, 5) is 12.5. The second-order valence-corrected chi connectivity index (χ2v) is 7.70. The summed E-state index contributed by atoms with van der Waals surface area (Å²) in [5.74, 6) is -0.469. The molecule has 2 aromatic carbocycles. The molecule has 0 spiro atoms. The number of carbonyl (C=O) groups is 1. The largest absolute Gasteiger partial charge is 0.326 e. The molecule has 0 aliphatic rings. The van der Waals surface area contributed by atoms with E-state index in [-0.39, 0.29) is 23.0 Å². The van der Waals surface area contributed by atoms with Gasteiger partial charge in [-0.25, -0.2) is 8.42 Å². The lowest BCUT2D eigenvalue weighted by molar-refractivity contribution is -0.115. The van der Waals surface area contributed by atoms with Crippen LogP contribution in [0.15, 0.2) is 53.4 Å². The van der Waals surface area contributed by atoms with Crippen molar-refractivity contribution in [3.8, 4) is 0 Å². The lowest BCUT2D eigenvalue weighted by Crippen LogP contribution is -2.19. The minimum Gasteiger partial charge on any atom is -0.326 e. The van der Waals surface area contributed by atoms with Gasteiger partial charge in [-0.15, -0.1) is 0 Å². The lowest BCUT2D eigenvalue weighted by Gasteiger charge is -2.14. The fourth-order valence-corrected chi connectivity index (χ4v) is 3.84. The van der Waals surface area contributed by atoms with Crippen molar-refractivity contribution in [2.45, 2.75) is 38.0 Å². The minimum atomic E-state index is -3.44. The van der Waals surface area contributed by atoms with Gasteiger partial charge < -0.3 is 5.32 Å². The van der Waals surface area contributed by atoms with E-state index in [1.807, 2.05) is 32.0 Å². The first kappa shape index (κ1) is 18.2. The van der Waals surface area contributed by atoms with Gasteiger partial charge in [-0.1, -0.05) is 50.2 Å². The van der Waals surface area contributed by atoms with Crippen LogP contribution in [0.5, 0.6) is 0 Å². The zero-order valence-corrected chi connectivity index (χ0v) is 14.9. The number of benzene rings is 2. The molecule has 0 fully saturated rings. The second-order valence-electron chi connectivity index (χ2n) is 5.59. The second kappa shape index (κ2) is 8.11. The van der Waals surface area contributed by atoms with Crippen LogP contribution in [-0.2, 0) is 27.5 Å². The van der Waals surface area contributed by atoms with E-state index in [0.29, 0.717) is 0 Å². The Kier molecular flexibility index (Phi) is 6.15. The fraction of sp³-hybridized carbons (Fsp3) is 0.316. The maximum absolute atomic E-state index is 12.3. The van der Waals surface area contributed by atoms with Gasteiger partial charge >= 0.3 is 0 Å². The number of anilines is 1. The molecule has 24 heavy (non-hydrogen) atoms. The number of hydrogen-bond donors (Lipinski definition) is 1. The maximum Gasteiger partial charge on any atom is 0.225 e. The van der Waals surface area contributed by atoms with Crippen LogP contribution in [-0.4, -0.2) is 20.1 Å². The van der Waals surface area contributed by atoms with Gasteiger partial charge in [-0.3, -0.25) is 4.79 Å². The van der Waals surface area contributed by atoms with Crippen LogP contribution in [0.1, 0.15) is 31.4 Å². The van der Waals surface area contributed by atoms with Crippen LogP contribution >= 0.6 is 0 Å². The highest BCUT2D eigenvalue weighted by Crippen LogP contribution is 2.23. The molecule has 0 saturated heterocycles. The Morgan fingerprint density at radius 2 is 1.50 bits per heavy atom. The summed E-state index contributed by atoms with van der Waals surface area (Å²) in [6, 6.07) is 14.2. The predicted octanol–water partition coefficient (Wildman–Crippen LogP) is 3.61. The van der Waals surface area contributed by atoms with E-state index < -0.39 is 9.84 Å². The summed E-state index contributed by atoms with van der Waals surface area (Å²) in [5, 5.41) is 2.90. The normalized spacial score (nSPS) is 11.2. The van der Waals surface area contributed by atoms with Crippen molar-refractivity contribution in [1.82, 2.24) is 0 Å². The van der Waals surface area contributed by atoms with Crippen molar-refractivity contribution in [1.29, 1.82) is 0 Å². The van der Waals surface area contributed by atoms with Gasteiger partial charge in [0.2, 0.25) is 5.91 Å². The molecule has 4 nitrogen and oxygen atoms in total. The van der Waals surface area contributed by atoms with Gasteiger partial charge in [0.15, 0.2) is 9.84 Å². The molecule has 5 heteroatoms. The predicted molar refractivity (Wildman–Crippen MR) is 96.9 cm³/mol. The fourth-order valence-electron chi connectivity index (χ4n) is 2.58. The molecule has 0 unspecified atom stereocenters. The monoisotopic (exact) mass is 345 g/mol. The molecule has 128 valence electrons. The topological polar surface area (TPSA) is 63.2 Å². The highest BCUT2D eigenvalue weighted by Gasteiger charge is 2.17. The standard InChI is InChI=1S/C19H23NO3S/c1-3-15-9-8-10-16(4-2)19(15)20-18(21)13-14-24(22,23)17-11-6-5-7-12-17/h5-12H,3-4,13-14H2,1-2H3,(H,20,21). The Labute approximate surface area is 143 Å². The highest BCUT2D eigenvalue weighted by molar-refractivity contribution is 7.91. The Hall–Kier alpha value is -2.14. The Bertz CT molecular complexity index is 776. The summed E-state index contributed by atoms with van der Waals surface area (Å²) < 4.78 is 24.5. The molecule has 2 aromatic rings. The molecule has 0 saturated carbocycles. The molecule has 2 rings (SSSR count). The van der Waals surface area contributed by atoms with Gasteiger partial charge in [-0.2, -0.15) is 0 Å². The number of hydrogen-bond acceptors (Lipinski definition) is 3. The van der Waals surface area contributed by atoms with E-state index in [1.54, 1.807) is 30.3 Å². The summed E-state index contributed by atoms with van der Waals surface area (Å²) in [6.45, 7) is 4.06. The van der Waals surface area contributed by atoms with Crippen molar-refractivity contribution in [2.75, 3.05) is 11.1 Å². The SMILES string of the molecule is CCc1cccc(CC)c1NC(=O)CCS(=O)(=O)c1ccccc1. The van der Waals surface area contributed by atoms with Crippen molar-refractivity contribution in [3.63, 3.8) is 0 Å². The Morgan fingerprint density at radius 1 is 0.917 bits per heavy atom. The molecule has 0 aliphatic carbocycles. The smallest absolute Gasteiger partial charge is 0.225 e.